The van der Waals surface area contributed by atoms with Gasteiger partial charge in [-0.25, -0.2) is 8.78 Å². The van der Waals surface area contributed by atoms with E-state index in [1.807, 2.05) is 0 Å². The Labute approximate surface area is 153 Å². The Kier molecular flexibility index (Phi) is 4.84. The molecule has 1 amide bonds. The summed E-state index contributed by atoms with van der Waals surface area (Å²) in [6, 6.07) is 2.58. The van der Waals surface area contributed by atoms with E-state index in [-0.39, 0.29) is 30.2 Å². The molecular weight excluding hydrogens is 398 g/mol. The third-order valence-electron chi connectivity index (χ3n) is 4.48. The highest BCUT2D eigenvalue weighted by atomic mass is 19.4. The van der Waals surface area contributed by atoms with E-state index in [1.54, 1.807) is 0 Å². The molecule has 150 valence electrons. The van der Waals surface area contributed by atoms with Crippen LogP contribution >= 0.6 is 0 Å². The van der Waals surface area contributed by atoms with Crippen LogP contribution in [0.25, 0.3) is 0 Å². The highest BCUT2D eigenvalue weighted by molar-refractivity contribution is 5.97. The van der Waals surface area contributed by atoms with Crippen molar-refractivity contribution in [2.75, 3.05) is 5.32 Å². The van der Waals surface area contributed by atoms with Gasteiger partial charge in [0.05, 0.1) is 17.0 Å². The van der Waals surface area contributed by atoms with Crippen LogP contribution in [0.2, 0.25) is 0 Å². The number of anilines is 1. The first-order valence-electron chi connectivity index (χ1n) is 7.95. The number of halogens is 8. The number of carbonyl (C=O) groups excluding carboxylic acids is 1. The van der Waals surface area contributed by atoms with Crippen LogP contribution in [0.1, 0.15) is 34.6 Å². The average Bonchev–Trinajstić information content (AvgIpc) is 2.72. The van der Waals surface area contributed by atoms with Crippen molar-refractivity contribution < 1.29 is 39.9 Å². The molecule has 2 aromatic rings. The second kappa shape index (κ2) is 6.75. The molecule has 0 radical (unpaired) electrons. The smallest absolute Gasteiger partial charge is 0.325 e. The van der Waals surface area contributed by atoms with Crippen LogP contribution in [0.5, 0.6) is 0 Å². The number of carbonyl (C=O) groups is 1. The molecular formula is C18H11F8NO. The van der Waals surface area contributed by atoms with Crippen LogP contribution in [-0.4, -0.2) is 5.91 Å². The van der Waals surface area contributed by atoms with Gasteiger partial charge in [0.15, 0.2) is 11.6 Å². The normalized spacial score (nSPS) is 17.7. The molecule has 1 atom stereocenters. The molecule has 0 bridgehead atoms. The van der Waals surface area contributed by atoms with Gasteiger partial charge in [0.25, 0.3) is 0 Å². The molecule has 1 unspecified atom stereocenters. The molecule has 0 fully saturated rings. The molecule has 1 aliphatic heterocycles. The lowest BCUT2D eigenvalue weighted by Crippen LogP contribution is -2.23. The van der Waals surface area contributed by atoms with Crippen LogP contribution in [0.15, 0.2) is 30.3 Å². The fraction of sp³-hybridized carbons (Fsp3) is 0.278. The lowest BCUT2D eigenvalue weighted by atomic mass is 9.88. The molecule has 1 N–H and O–H groups in total. The highest BCUT2D eigenvalue weighted by Gasteiger charge is 2.41. The summed E-state index contributed by atoms with van der Waals surface area (Å²) in [5, 5.41) is 2.23. The molecule has 1 aliphatic rings. The van der Waals surface area contributed by atoms with Gasteiger partial charge in [-0.1, -0.05) is 6.07 Å². The molecule has 28 heavy (non-hydrogen) atoms. The maximum Gasteiger partial charge on any atom is 0.416 e. The summed E-state index contributed by atoms with van der Waals surface area (Å²) in [7, 11) is 0. The van der Waals surface area contributed by atoms with Crippen molar-refractivity contribution in [3.63, 3.8) is 0 Å². The van der Waals surface area contributed by atoms with Gasteiger partial charge in [-0.15, -0.1) is 0 Å². The quantitative estimate of drug-likeness (QED) is 0.604. The number of amides is 1. The first kappa shape index (κ1) is 20.1. The van der Waals surface area contributed by atoms with E-state index in [4.69, 9.17) is 0 Å². The van der Waals surface area contributed by atoms with Gasteiger partial charge in [0.2, 0.25) is 5.91 Å². The zero-order chi connectivity index (χ0) is 20.9. The fourth-order valence-corrected chi connectivity index (χ4v) is 3.14. The standard InChI is InChI=1S/C18H11F8NO/c19-13-5-8-1-3-11(16(28)27-15(8)7-14(13)20)10-4-2-9(17(21,22)23)6-12(10)18(24,25)26/h2,4-7,11H,1,3H2,(H,27,28). The van der Waals surface area contributed by atoms with E-state index in [2.05, 4.69) is 5.32 Å². The third-order valence-corrected chi connectivity index (χ3v) is 4.48. The van der Waals surface area contributed by atoms with E-state index < -0.39 is 52.5 Å². The summed E-state index contributed by atoms with van der Waals surface area (Å²) < 4.78 is 105. The van der Waals surface area contributed by atoms with Crippen LogP contribution in [-0.2, 0) is 23.6 Å². The zero-order valence-corrected chi connectivity index (χ0v) is 13.8. The third kappa shape index (κ3) is 3.81. The minimum absolute atomic E-state index is 0.0417. The molecule has 3 rings (SSSR count). The molecule has 0 saturated carbocycles. The first-order chi connectivity index (χ1) is 12.9. The van der Waals surface area contributed by atoms with Crippen LogP contribution in [0.3, 0.4) is 0 Å². The number of hydrogen-bond acceptors (Lipinski definition) is 1. The number of benzene rings is 2. The number of fused-ring (bicyclic) bond motifs is 1. The minimum Gasteiger partial charge on any atom is -0.325 e. The van der Waals surface area contributed by atoms with Gasteiger partial charge in [0.1, 0.15) is 0 Å². The minimum atomic E-state index is -5.13. The van der Waals surface area contributed by atoms with Crippen molar-refractivity contribution in [1.29, 1.82) is 0 Å². The van der Waals surface area contributed by atoms with E-state index in [0.29, 0.717) is 18.2 Å². The van der Waals surface area contributed by atoms with Gasteiger partial charge >= 0.3 is 12.4 Å². The van der Waals surface area contributed by atoms with Crippen molar-refractivity contribution in [2.45, 2.75) is 31.1 Å². The second-order valence-corrected chi connectivity index (χ2v) is 6.30. The number of nitrogens with one attached hydrogen (secondary N) is 1. The molecule has 0 aromatic heterocycles. The van der Waals surface area contributed by atoms with Crippen molar-refractivity contribution in [3.05, 3.63) is 64.2 Å². The Morgan fingerprint density at radius 3 is 2.14 bits per heavy atom. The molecule has 2 aromatic carbocycles. The maximum atomic E-state index is 13.4. The van der Waals surface area contributed by atoms with Crippen LogP contribution in [0.4, 0.5) is 40.8 Å². The average molecular weight is 409 g/mol. The molecule has 0 spiro atoms. The van der Waals surface area contributed by atoms with Gasteiger partial charge < -0.3 is 5.32 Å². The Bertz CT molecular complexity index is 932. The lowest BCUT2D eigenvalue weighted by molar-refractivity contribution is -0.143. The molecule has 0 aliphatic carbocycles. The Morgan fingerprint density at radius 2 is 1.54 bits per heavy atom. The van der Waals surface area contributed by atoms with E-state index in [0.717, 1.165) is 6.07 Å². The summed E-state index contributed by atoms with van der Waals surface area (Å²) in [6.07, 6.45) is -10.4. The summed E-state index contributed by atoms with van der Waals surface area (Å²) in [4.78, 5) is 12.4. The van der Waals surface area contributed by atoms with Crippen LogP contribution < -0.4 is 5.32 Å². The summed E-state index contributed by atoms with van der Waals surface area (Å²) in [6.45, 7) is 0. The highest BCUT2D eigenvalue weighted by Crippen LogP contribution is 2.42. The monoisotopic (exact) mass is 409 g/mol. The van der Waals surface area contributed by atoms with Crippen LogP contribution in [0, 0.1) is 11.6 Å². The molecule has 10 heteroatoms. The summed E-state index contributed by atoms with van der Waals surface area (Å²) in [5.74, 6) is -4.83. The van der Waals surface area contributed by atoms with Gasteiger partial charge in [-0.2, -0.15) is 26.3 Å². The maximum absolute atomic E-state index is 13.4. The van der Waals surface area contributed by atoms with Crippen molar-refractivity contribution >= 4 is 11.6 Å². The van der Waals surface area contributed by atoms with Gasteiger partial charge in [-0.3, -0.25) is 4.79 Å². The fourth-order valence-electron chi connectivity index (χ4n) is 3.14. The molecule has 1 heterocycles. The number of alkyl halides is 6. The largest absolute Gasteiger partial charge is 0.416 e. The second-order valence-electron chi connectivity index (χ2n) is 6.30. The van der Waals surface area contributed by atoms with E-state index in [9.17, 15) is 39.9 Å². The first-order valence-corrected chi connectivity index (χ1v) is 7.95. The van der Waals surface area contributed by atoms with Crippen molar-refractivity contribution in [2.24, 2.45) is 0 Å². The molecule has 0 saturated heterocycles. The Morgan fingerprint density at radius 1 is 0.893 bits per heavy atom. The predicted molar refractivity (Wildman–Crippen MR) is 82.5 cm³/mol. The molecule has 2 nitrogen and oxygen atoms in total. The van der Waals surface area contributed by atoms with Crippen molar-refractivity contribution in [3.8, 4) is 0 Å². The van der Waals surface area contributed by atoms with Gasteiger partial charge in [0, 0.05) is 11.8 Å². The van der Waals surface area contributed by atoms with Gasteiger partial charge in [-0.05, 0) is 42.2 Å². The summed E-state index contributed by atoms with van der Waals surface area (Å²) >= 11 is 0. The lowest BCUT2D eigenvalue weighted by Gasteiger charge is -2.21. The number of rotatable bonds is 1. The Hall–Kier alpha value is -2.65. The number of aryl methyl sites for hydroxylation is 1. The Balaban J connectivity index is 2.05. The van der Waals surface area contributed by atoms with E-state index in [1.165, 1.54) is 0 Å². The zero-order valence-electron chi connectivity index (χ0n) is 13.8. The predicted octanol–water partition coefficient (Wildman–Crippen LogP) is 5.67. The summed E-state index contributed by atoms with van der Waals surface area (Å²) in [5.41, 5.74) is -3.62. The topological polar surface area (TPSA) is 29.1 Å². The SMILES string of the molecule is O=C1Nc2cc(F)c(F)cc2CCC1c1ccc(C(F)(F)F)cc1C(F)(F)F. The van der Waals surface area contributed by atoms with Crippen molar-refractivity contribution in [1.82, 2.24) is 0 Å². The number of hydrogen-bond donors (Lipinski definition) is 1. The van der Waals surface area contributed by atoms with E-state index >= 15 is 0 Å².